The number of rotatable bonds is 4. The number of piperidine rings is 1. The Morgan fingerprint density at radius 2 is 1.79 bits per heavy atom. The molecule has 1 aromatic carbocycles. The van der Waals surface area contributed by atoms with Gasteiger partial charge >= 0.3 is 0 Å². The van der Waals surface area contributed by atoms with Crippen molar-refractivity contribution in [1.82, 2.24) is 4.90 Å². The number of anilines is 1. The summed E-state index contributed by atoms with van der Waals surface area (Å²) in [7, 11) is 0. The quantitative estimate of drug-likeness (QED) is 0.889. The van der Waals surface area contributed by atoms with Gasteiger partial charge < -0.3 is 10.4 Å². The number of para-hydroxylation sites is 1. The summed E-state index contributed by atoms with van der Waals surface area (Å²) in [6.07, 6.45) is 5.89. The molecule has 0 aromatic heterocycles. The maximum absolute atomic E-state index is 12.6. The Hall–Kier alpha value is -1.39. The van der Waals surface area contributed by atoms with Crippen LogP contribution in [-0.4, -0.2) is 35.1 Å². The second-order valence-electron chi connectivity index (χ2n) is 7.61. The number of likely N-dealkylation sites (tertiary alicyclic amines) is 1. The Morgan fingerprint density at radius 3 is 2.50 bits per heavy atom. The lowest BCUT2D eigenvalue weighted by Crippen LogP contribution is -2.35. The molecular formula is C20H30N2O2. The number of nitrogens with one attached hydrogen (secondary N) is 1. The first kappa shape index (κ1) is 17.4. The van der Waals surface area contributed by atoms with Gasteiger partial charge in [0.1, 0.15) is 0 Å². The topological polar surface area (TPSA) is 52.6 Å². The number of aliphatic hydroxyl groups is 1. The molecule has 2 N–H and O–H groups in total. The van der Waals surface area contributed by atoms with Crippen LogP contribution >= 0.6 is 0 Å². The summed E-state index contributed by atoms with van der Waals surface area (Å²) in [5, 5.41) is 12.8. The van der Waals surface area contributed by atoms with E-state index >= 15 is 0 Å². The SMILES string of the molecule is CC1CCC(C(=O)Nc2ccccc2CN2CCC(O)CC2)CC1. The third-order valence-corrected chi connectivity index (χ3v) is 5.61. The van der Waals surface area contributed by atoms with Gasteiger partial charge in [-0.1, -0.05) is 25.1 Å². The van der Waals surface area contributed by atoms with Crippen LogP contribution in [0.5, 0.6) is 0 Å². The maximum atomic E-state index is 12.6. The molecule has 0 unspecified atom stereocenters. The number of carbonyl (C=O) groups is 1. The van der Waals surface area contributed by atoms with E-state index in [0.717, 1.165) is 69.8 Å². The van der Waals surface area contributed by atoms with Crippen molar-refractivity contribution in [2.75, 3.05) is 18.4 Å². The highest BCUT2D eigenvalue weighted by molar-refractivity contribution is 5.93. The standard InChI is InChI=1S/C20H30N2O2/c1-15-6-8-16(9-7-15)20(24)21-19-5-3-2-4-17(19)14-22-12-10-18(23)11-13-22/h2-5,15-16,18,23H,6-14H2,1H3,(H,21,24). The molecule has 1 aliphatic heterocycles. The van der Waals surface area contributed by atoms with Crippen LogP contribution in [0.15, 0.2) is 24.3 Å². The summed E-state index contributed by atoms with van der Waals surface area (Å²) in [4.78, 5) is 15.0. The predicted octanol–water partition coefficient (Wildman–Crippen LogP) is 3.41. The van der Waals surface area contributed by atoms with Crippen LogP contribution in [0.25, 0.3) is 0 Å². The van der Waals surface area contributed by atoms with E-state index in [0.29, 0.717) is 0 Å². The molecule has 2 aliphatic rings. The number of hydrogen-bond donors (Lipinski definition) is 2. The van der Waals surface area contributed by atoms with Gasteiger partial charge in [0.15, 0.2) is 0 Å². The zero-order valence-corrected chi connectivity index (χ0v) is 14.7. The molecule has 1 saturated heterocycles. The predicted molar refractivity (Wildman–Crippen MR) is 96.7 cm³/mol. The van der Waals surface area contributed by atoms with E-state index in [1.165, 1.54) is 5.56 Å². The molecule has 3 rings (SSSR count). The molecule has 1 saturated carbocycles. The third-order valence-electron chi connectivity index (χ3n) is 5.61. The average Bonchev–Trinajstić information content (AvgIpc) is 2.59. The lowest BCUT2D eigenvalue weighted by atomic mass is 9.82. The summed E-state index contributed by atoms with van der Waals surface area (Å²) in [6, 6.07) is 8.13. The molecule has 1 heterocycles. The third kappa shape index (κ3) is 4.58. The Balaban J connectivity index is 1.60. The second-order valence-corrected chi connectivity index (χ2v) is 7.61. The van der Waals surface area contributed by atoms with E-state index in [1.54, 1.807) is 0 Å². The molecule has 0 bridgehead atoms. The van der Waals surface area contributed by atoms with Gasteiger partial charge in [0.25, 0.3) is 0 Å². The van der Waals surface area contributed by atoms with E-state index in [9.17, 15) is 9.90 Å². The monoisotopic (exact) mass is 330 g/mol. The molecule has 0 radical (unpaired) electrons. The van der Waals surface area contributed by atoms with Crippen LogP contribution in [0.2, 0.25) is 0 Å². The average molecular weight is 330 g/mol. The summed E-state index contributed by atoms with van der Waals surface area (Å²) in [5.41, 5.74) is 2.12. The van der Waals surface area contributed by atoms with Gasteiger partial charge in [-0.3, -0.25) is 9.69 Å². The van der Waals surface area contributed by atoms with E-state index < -0.39 is 0 Å². The highest BCUT2D eigenvalue weighted by Gasteiger charge is 2.25. The minimum Gasteiger partial charge on any atom is -0.393 e. The summed E-state index contributed by atoms with van der Waals surface area (Å²) >= 11 is 0. The summed E-state index contributed by atoms with van der Waals surface area (Å²) in [6.45, 7) is 4.96. The first-order valence-corrected chi connectivity index (χ1v) is 9.41. The molecule has 0 atom stereocenters. The van der Waals surface area contributed by atoms with Crippen LogP contribution in [0.1, 0.15) is 51.0 Å². The zero-order chi connectivity index (χ0) is 16.9. The Labute approximate surface area is 145 Å². The van der Waals surface area contributed by atoms with E-state index in [1.807, 2.05) is 18.2 Å². The molecule has 4 heteroatoms. The lowest BCUT2D eigenvalue weighted by molar-refractivity contribution is -0.121. The van der Waals surface area contributed by atoms with Crippen molar-refractivity contribution in [3.05, 3.63) is 29.8 Å². The Kier molecular flexibility index (Phi) is 5.90. The van der Waals surface area contributed by atoms with Crippen molar-refractivity contribution in [2.24, 2.45) is 11.8 Å². The Morgan fingerprint density at radius 1 is 1.12 bits per heavy atom. The van der Waals surface area contributed by atoms with Gasteiger partial charge in [-0.25, -0.2) is 0 Å². The molecule has 1 aromatic rings. The van der Waals surface area contributed by atoms with Crippen molar-refractivity contribution >= 4 is 11.6 Å². The molecular weight excluding hydrogens is 300 g/mol. The van der Waals surface area contributed by atoms with E-state index in [2.05, 4.69) is 23.2 Å². The molecule has 2 fully saturated rings. The summed E-state index contributed by atoms with van der Waals surface area (Å²) in [5.74, 6) is 1.11. The number of carbonyl (C=O) groups excluding carboxylic acids is 1. The fourth-order valence-corrected chi connectivity index (χ4v) is 3.86. The zero-order valence-electron chi connectivity index (χ0n) is 14.7. The number of amides is 1. The van der Waals surface area contributed by atoms with Crippen molar-refractivity contribution in [3.8, 4) is 0 Å². The maximum Gasteiger partial charge on any atom is 0.227 e. The number of nitrogens with zero attached hydrogens (tertiary/aromatic N) is 1. The van der Waals surface area contributed by atoms with Gasteiger partial charge in [0.2, 0.25) is 5.91 Å². The van der Waals surface area contributed by atoms with Gasteiger partial charge in [0.05, 0.1) is 6.10 Å². The van der Waals surface area contributed by atoms with Crippen LogP contribution in [0.4, 0.5) is 5.69 Å². The van der Waals surface area contributed by atoms with Gasteiger partial charge in [0, 0.05) is 31.2 Å². The highest BCUT2D eigenvalue weighted by Crippen LogP contribution is 2.29. The van der Waals surface area contributed by atoms with Crippen molar-refractivity contribution in [2.45, 2.75) is 58.1 Å². The normalized spacial score (nSPS) is 26.2. The minimum absolute atomic E-state index is 0.148. The number of hydrogen-bond acceptors (Lipinski definition) is 3. The fourth-order valence-electron chi connectivity index (χ4n) is 3.86. The molecule has 1 amide bonds. The first-order chi connectivity index (χ1) is 11.6. The largest absolute Gasteiger partial charge is 0.393 e. The van der Waals surface area contributed by atoms with Gasteiger partial charge in [-0.15, -0.1) is 0 Å². The van der Waals surface area contributed by atoms with Crippen molar-refractivity contribution in [3.63, 3.8) is 0 Å². The van der Waals surface area contributed by atoms with Crippen LogP contribution in [0, 0.1) is 11.8 Å². The van der Waals surface area contributed by atoms with Crippen LogP contribution in [0.3, 0.4) is 0 Å². The smallest absolute Gasteiger partial charge is 0.227 e. The Bertz CT molecular complexity index is 544. The second kappa shape index (κ2) is 8.13. The lowest BCUT2D eigenvalue weighted by Gasteiger charge is -2.30. The number of aliphatic hydroxyl groups excluding tert-OH is 1. The molecule has 132 valence electrons. The van der Waals surface area contributed by atoms with Crippen LogP contribution in [-0.2, 0) is 11.3 Å². The van der Waals surface area contributed by atoms with Crippen molar-refractivity contribution in [1.29, 1.82) is 0 Å². The minimum atomic E-state index is -0.148. The van der Waals surface area contributed by atoms with E-state index in [4.69, 9.17) is 0 Å². The molecule has 0 spiro atoms. The molecule has 24 heavy (non-hydrogen) atoms. The van der Waals surface area contributed by atoms with Gasteiger partial charge in [-0.2, -0.15) is 0 Å². The van der Waals surface area contributed by atoms with E-state index in [-0.39, 0.29) is 17.9 Å². The molecule has 4 nitrogen and oxygen atoms in total. The van der Waals surface area contributed by atoms with Crippen molar-refractivity contribution < 1.29 is 9.90 Å². The summed E-state index contributed by atoms with van der Waals surface area (Å²) < 4.78 is 0. The highest BCUT2D eigenvalue weighted by atomic mass is 16.3. The molecule has 1 aliphatic carbocycles. The van der Waals surface area contributed by atoms with Crippen LogP contribution < -0.4 is 5.32 Å². The fraction of sp³-hybridized carbons (Fsp3) is 0.650. The van der Waals surface area contributed by atoms with Gasteiger partial charge in [-0.05, 0) is 56.1 Å². The first-order valence-electron chi connectivity index (χ1n) is 9.41. The number of benzene rings is 1.